The minimum absolute atomic E-state index is 0.146. The fourth-order valence-electron chi connectivity index (χ4n) is 1.74. The summed E-state index contributed by atoms with van der Waals surface area (Å²) in [7, 11) is 0. The number of aromatic nitrogens is 3. The third-order valence-electron chi connectivity index (χ3n) is 3.08. The van der Waals surface area contributed by atoms with Crippen LogP contribution in [-0.2, 0) is 19.4 Å². The van der Waals surface area contributed by atoms with Crippen molar-refractivity contribution in [2.75, 3.05) is 6.61 Å². The van der Waals surface area contributed by atoms with Gasteiger partial charge >= 0.3 is 0 Å². The van der Waals surface area contributed by atoms with E-state index >= 15 is 0 Å². The highest BCUT2D eigenvalue weighted by atomic mass is 16.3. The molecular weight excluding hydrogens is 214 g/mol. The fourth-order valence-corrected chi connectivity index (χ4v) is 1.74. The minimum Gasteiger partial charge on any atom is -0.396 e. The van der Waals surface area contributed by atoms with Gasteiger partial charge in [-0.15, -0.1) is 0 Å². The van der Waals surface area contributed by atoms with Crippen molar-refractivity contribution in [2.24, 2.45) is 5.92 Å². The number of nitrogens with zero attached hydrogens (tertiary/aromatic N) is 3. The first-order valence-electron chi connectivity index (χ1n) is 6.74. The second-order valence-electron chi connectivity index (χ2n) is 4.71. The normalized spacial score (nSPS) is 12.9. The van der Waals surface area contributed by atoms with Crippen LogP contribution in [0, 0.1) is 5.92 Å². The van der Waals surface area contributed by atoms with Gasteiger partial charge < -0.3 is 5.11 Å². The van der Waals surface area contributed by atoms with Crippen molar-refractivity contribution in [3.63, 3.8) is 0 Å². The van der Waals surface area contributed by atoms with E-state index in [1.165, 1.54) is 0 Å². The zero-order valence-corrected chi connectivity index (χ0v) is 11.3. The van der Waals surface area contributed by atoms with E-state index < -0.39 is 0 Å². The van der Waals surface area contributed by atoms with E-state index in [9.17, 15) is 0 Å². The Bertz CT molecular complexity index is 322. The summed E-state index contributed by atoms with van der Waals surface area (Å²) in [6, 6.07) is 0. The average Bonchev–Trinajstić information content (AvgIpc) is 2.69. The van der Waals surface area contributed by atoms with Gasteiger partial charge in [-0.3, -0.25) is 0 Å². The molecule has 0 aliphatic heterocycles. The van der Waals surface area contributed by atoms with Gasteiger partial charge in [0.05, 0.1) is 6.61 Å². The highest BCUT2D eigenvalue weighted by Crippen LogP contribution is 2.10. The summed E-state index contributed by atoms with van der Waals surface area (Å²) in [5, 5.41) is 13.6. The maximum atomic E-state index is 9.03. The van der Waals surface area contributed by atoms with Crippen LogP contribution in [0.15, 0.2) is 0 Å². The molecule has 0 spiro atoms. The summed E-state index contributed by atoms with van der Waals surface area (Å²) in [5.41, 5.74) is 0. The Balaban J connectivity index is 2.72. The Morgan fingerprint density at radius 3 is 2.71 bits per heavy atom. The van der Waals surface area contributed by atoms with Gasteiger partial charge in [0.25, 0.3) is 0 Å². The molecule has 0 fully saturated rings. The Labute approximate surface area is 104 Å². The van der Waals surface area contributed by atoms with Crippen LogP contribution in [0.2, 0.25) is 0 Å². The lowest BCUT2D eigenvalue weighted by Gasteiger charge is -2.03. The molecule has 98 valence electrons. The number of hydrogen-bond donors (Lipinski definition) is 1. The monoisotopic (exact) mass is 239 g/mol. The van der Waals surface area contributed by atoms with Crippen molar-refractivity contribution in [2.45, 2.75) is 59.4 Å². The van der Waals surface area contributed by atoms with Gasteiger partial charge in [0.1, 0.15) is 5.82 Å². The maximum Gasteiger partial charge on any atom is 0.151 e. The second-order valence-corrected chi connectivity index (χ2v) is 4.71. The van der Waals surface area contributed by atoms with Gasteiger partial charge in [0.15, 0.2) is 5.82 Å². The number of aryl methyl sites for hydroxylation is 1. The second kappa shape index (κ2) is 7.43. The summed E-state index contributed by atoms with van der Waals surface area (Å²) in [5.74, 6) is 2.48. The molecule has 4 nitrogen and oxygen atoms in total. The maximum absolute atomic E-state index is 9.03. The molecule has 0 aliphatic rings. The highest BCUT2D eigenvalue weighted by Gasteiger charge is 2.11. The van der Waals surface area contributed by atoms with Crippen LogP contribution in [0.3, 0.4) is 0 Å². The average molecular weight is 239 g/mol. The van der Waals surface area contributed by atoms with E-state index in [2.05, 4.69) is 30.9 Å². The number of hydrogen-bond acceptors (Lipinski definition) is 3. The topological polar surface area (TPSA) is 50.9 Å². The lowest BCUT2D eigenvalue weighted by atomic mass is 10.1. The molecule has 1 aromatic heterocycles. The van der Waals surface area contributed by atoms with Gasteiger partial charge in [0, 0.05) is 19.4 Å². The summed E-state index contributed by atoms with van der Waals surface area (Å²) in [6.07, 6.45) is 4.97. The van der Waals surface area contributed by atoms with Gasteiger partial charge in [-0.2, -0.15) is 5.10 Å². The van der Waals surface area contributed by atoms with E-state index in [-0.39, 0.29) is 6.61 Å². The molecule has 1 atom stereocenters. The number of unbranched alkanes of at least 4 members (excludes halogenated alkanes) is 1. The molecule has 0 saturated heterocycles. The first-order valence-corrected chi connectivity index (χ1v) is 6.74. The molecule has 0 amide bonds. The molecule has 1 aromatic rings. The molecule has 1 unspecified atom stereocenters. The molecule has 17 heavy (non-hydrogen) atoms. The van der Waals surface area contributed by atoms with Crippen molar-refractivity contribution in [1.29, 1.82) is 0 Å². The van der Waals surface area contributed by atoms with E-state index in [0.717, 1.165) is 43.9 Å². The molecule has 0 radical (unpaired) electrons. The Kier molecular flexibility index (Phi) is 6.19. The third-order valence-corrected chi connectivity index (χ3v) is 3.08. The Morgan fingerprint density at radius 1 is 1.35 bits per heavy atom. The lowest BCUT2D eigenvalue weighted by Crippen LogP contribution is -2.07. The predicted molar refractivity (Wildman–Crippen MR) is 68.9 cm³/mol. The standard InChI is InChI=1S/C13H25N3O/c1-4-6-8-16-13(7-9-17)14-12(15-16)10-11(3)5-2/h11,17H,4-10H2,1-3H3. The predicted octanol–water partition coefficient (Wildman–Crippen LogP) is 2.20. The Hall–Kier alpha value is -0.900. The minimum atomic E-state index is 0.146. The third kappa shape index (κ3) is 4.46. The first kappa shape index (κ1) is 14.2. The molecule has 0 saturated carbocycles. The number of rotatable bonds is 8. The molecule has 1 heterocycles. The van der Waals surface area contributed by atoms with E-state index in [1.807, 2.05) is 4.68 Å². The number of aliphatic hydroxyl groups excluding tert-OH is 1. The van der Waals surface area contributed by atoms with Crippen LogP contribution in [0.4, 0.5) is 0 Å². The molecular formula is C13H25N3O. The van der Waals surface area contributed by atoms with Crippen LogP contribution in [0.1, 0.15) is 51.7 Å². The van der Waals surface area contributed by atoms with E-state index in [1.54, 1.807) is 0 Å². The van der Waals surface area contributed by atoms with Crippen LogP contribution in [-0.4, -0.2) is 26.5 Å². The van der Waals surface area contributed by atoms with Crippen molar-refractivity contribution in [3.8, 4) is 0 Å². The smallest absolute Gasteiger partial charge is 0.151 e. The van der Waals surface area contributed by atoms with Gasteiger partial charge in [0.2, 0.25) is 0 Å². The van der Waals surface area contributed by atoms with Gasteiger partial charge in [-0.05, 0) is 12.3 Å². The molecule has 4 heteroatoms. The molecule has 1 rings (SSSR count). The quantitative estimate of drug-likeness (QED) is 0.756. The summed E-state index contributed by atoms with van der Waals surface area (Å²) >= 11 is 0. The largest absolute Gasteiger partial charge is 0.396 e. The first-order chi connectivity index (χ1) is 8.21. The summed E-state index contributed by atoms with van der Waals surface area (Å²) in [6.45, 7) is 7.64. The molecule has 1 N–H and O–H groups in total. The van der Waals surface area contributed by atoms with Crippen molar-refractivity contribution >= 4 is 0 Å². The van der Waals surface area contributed by atoms with Gasteiger partial charge in [-0.1, -0.05) is 33.6 Å². The Morgan fingerprint density at radius 2 is 2.12 bits per heavy atom. The zero-order valence-electron chi connectivity index (χ0n) is 11.3. The molecule has 0 aliphatic carbocycles. The van der Waals surface area contributed by atoms with Crippen molar-refractivity contribution in [1.82, 2.24) is 14.8 Å². The highest BCUT2D eigenvalue weighted by molar-refractivity contribution is 4.94. The number of aliphatic hydroxyl groups is 1. The van der Waals surface area contributed by atoms with E-state index in [0.29, 0.717) is 12.3 Å². The van der Waals surface area contributed by atoms with Crippen molar-refractivity contribution < 1.29 is 5.11 Å². The van der Waals surface area contributed by atoms with Crippen molar-refractivity contribution in [3.05, 3.63) is 11.6 Å². The van der Waals surface area contributed by atoms with E-state index in [4.69, 9.17) is 5.11 Å². The molecule has 0 bridgehead atoms. The summed E-state index contributed by atoms with van der Waals surface area (Å²) < 4.78 is 1.97. The SMILES string of the molecule is CCCCn1nc(CC(C)CC)nc1CCO. The lowest BCUT2D eigenvalue weighted by molar-refractivity contribution is 0.293. The van der Waals surface area contributed by atoms with Crippen LogP contribution in [0.25, 0.3) is 0 Å². The van der Waals surface area contributed by atoms with Crippen LogP contribution >= 0.6 is 0 Å². The van der Waals surface area contributed by atoms with Crippen LogP contribution < -0.4 is 0 Å². The zero-order chi connectivity index (χ0) is 12.7. The molecule has 0 aromatic carbocycles. The summed E-state index contributed by atoms with van der Waals surface area (Å²) in [4.78, 5) is 4.53. The fraction of sp³-hybridized carbons (Fsp3) is 0.846. The van der Waals surface area contributed by atoms with Crippen LogP contribution in [0.5, 0.6) is 0 Å². The van der Waals surface area contributed by atoms with Gasteiger partial charge in [-0.25, -0.2) is 9.67 Å².